The van der Waals surface area contributed by atoms with Crippen LogP contribution in [-0.2, 0) is 11.3 Å². The molecule has 0 spiro atoms. The van der Waals surface area contributed by atoms with Crippen LogP contribution in [0, 0.1) is 0 Å². The molecule has 0 saturated heterocycles. The number of nitrogens with one attached hydrogen (secondary N) is 1. The van der Waals surface area contributed by atoms with Crippen molar-refractivity contribution < 1.29 is 37.7 Å². The number of fused-ring (bicyclic) bond motifs is 1. The van der Waals surface area contributed by atoms with Crippen LogP contribution in [-0.4, -0.2) is 23.5 Å². The van der Waals surface area contributed by atoms with Gasteiger partial charge < -0.3 is 19.3 Å². The molecular weight excluding hydrogens is 340 g/mol. The lowest BCUT2D eigenvalue weighted by molar-refractivity contribution is -0.286. The summed E-state index contributed by atoms with van der Waals surface area (Å²) in [5.74, 6) is -2.62. The van der Waals surface area contributed by atoms with Gasteiger partial charge in [-0.1, -0.05) is 30.3 Å². The van der Waals surface area contributed by atoms with Crippen LogP contribution in [0.1, 0.15) is 15.9 Å². The smallest absolute Gasteiger partial charge is 0.478 e. The van der Waals surface area contributed by atoms with E-state index in [2.05, 4.69) is 14.8 Å². The van der Waals surface area contributed by atoms with Gasteiger partial charge in [-0.15, -0.1) is 8.78 Å². The van der Waals surface area contributed by atoms with Crippen molar-refractivity contribution >= 4 is 17.7 Å². The molecular formula is C16H11F2NO6. The molecule has 2 aromatic carbocycles. The fraction of sp³-hybridized carbons (Fsp3) is 0.125. The molecule has 130 valence electrons. The Bertz CT molecular complexity index is 825. The molecule has 0 fully saturated rings. The van der Waals surface area contributed by atoms with Gasteiger partial charge in [0.1, 0.15) is 12.2 Å². The van der Waals surface area contributed by atoms with Crippen molar-refractivity contribution in [1.29, 1.82) is 0 Å². The summed E-state index contributed by atoms with van der Waals surface area (Å²) in [5, 5.41) is 11.4. The van der Waals surface area contributed by atoms with Crippen LogP contribution in [0.15, 0.2) is 42.5 Å². The van der Waals surface area contributed by atoms with Gasteiger partial charge in [0.2, 0.25) is 0 Å². The van der Waals surface area contributed by atoms with Crippen LogP contribution in [0.4, 0.5) is 19.3 Å². The van der Waals surface area contributed by atoms with E-state index in [1.165, 1.54) is 0 Å². The van der Waals surface area contributed by atoms with Gasteiger partial charge in [-0.05, 0) is 11.6 Å². The molecule has 0 saturated carbocycles. The number of amides is 1. The Hall–Kier alpha value is -3.36. The number of hydrogen-bond acceptors (Lipinski definition) is 5. The summed E-state index contributed by atoms with van der Waals surface area (Å²) >= 11 is 0. The van der Waals surface area contributed by atoms with Crippen molar-refractivity contribution in [2.24, 2.45) is 0 Å². The van der Waals surface area contributed by atoms with E-state index in [4.69, 9.17) is 9.84 Å². The summed E-state index contributed by atoms with van der Waals surface area (Å²) < 4.78 is 39.6. The number of ether oxygens (including phenoxy) is 3. The fourth-order valence-electron chi connectivity index (χ4n) is 2.16. The maximum Gasteiger partial charge on any atom is 0.586 e. The Labute approximate surface area is 139 Å². The Morgan fingerprint density at radius 2 is 1.88 bits per heavy atom. The highest BCUT2D eigenvalue weighted by Gasteiger charge is 2.45. The van der Waals surface area contributed by atoms with Crippen LogP contribution in [0.5, 0.6) is 11.5 Å². The highest BCUT2D eigenvalue weighted by Crippen LogP contribution is 2.45. The minimum absolute atomic E-state index is 0.0128. The second-order valence-electron chi connectivity index (χ2n) is 5.01. The number of carbonyl (C=O) groups excluding carboxylic acids is 1. The molecule has 3 rings (SSSR count). The van der Waals surface area contributed by atoms with Gasteiger partial charge in [0, 0.05) is 11.8 Å². The molecule has 1 amide bonds. The highest BCUT2D eigenvalue weighted by atomic mass is 19.3. The zero-order chi connectivity index (χ0) is 18.0. The first-order valence-corrected chi connectivity index (χ1v) is 6.99. The molecule has 0 bridgehead atoms. The first-order valence-electron chi connectivity index (χ1n) is 6.99. The summed E-state index contributed by atoms with van der Waals surface area (Å²) in [5.41, 5.74) is 0.0812. The summed E-state index contributed by atoms with van der Waals surface area (Å²) in [6.45, 7) is -0.0128. The largest absolute Gasteiger partial charge is 0.586 e. The molecule has 1 aliphatic heterocycles. The zero-order valence-corrected chi connectivity index (χ0v) is 12.5. The van der Waals surface area contributed by atoms with Crippen LogP contribution in [0.25, 0.3) is 0 Å². The second-order valence-corrected chi connectivity index (χ2v) is 5.01. The molecule has 9 heteroatoms. The lowest BCUT2D eigenvalue weighted by Gasteiger charge is -2.09. The third-order valence-corrected chi connectivity index (χ3v) is 3.19. The number of anilines is 1. The fourth-order valence-corrected chi connectivity index (χ4v) is 2.16. The molecule has 0 radical (unpaired) electrons. The normalized spacial score (nSPS) is 14.0. The summed E-state index contributed by atoms with van der Waals surface area (Å²) in [6, 6.07) is 10.8. The van der Waals surface area contributed by atoms with E-state index in [1.807, 2.05) is 0 Å². The third-order valence-electron chi connectivity index (χ3n) is 3.19. The number of carboxylic acid groups (broad SMARTS) is 1. The Morgan fingerprint density at radius 1 is 1.16 bits per heavy atom. The molecule has 1 heterocycles. The molecule has 0 aromatic heterocycles. The molecule has 2 aromatic rings. The van der Waals surface area contributed by atoms with E-state index in [0.717, 1.165) is 17.7 Å². The average Bonchev–Trinajstić information content (AvgIpc) is 2.86. The molecule has 7 nitrogen and oxygen atoms in total. The van der Waals surface area contributed by atoms with Crippen LogP contribution >= 0.6 is 0 Å². The van der Waals surface area contributed by atoms with Crippen LogP contribution in [0.3, 0.4) is 0 Å². The topological polar surface area (TPSA) is 94.1 Å². The molecule has 0 unspecified atom stereocenters. The number of benzene rings is 2. The maximum atomic E-state index is 13.1. The quantitative estimate of drug-likeness (QED) is 0.876. The minimum atomic E-state index is -3.97. The molecule has 1 aliphatic rings. The number of carbonyl (C=O) groups is 2. The predicted octanol–water partition coefficient (Wildman–Crippen LogP) is 3.46. The Kier molecular flexibility index (Phi) is 4.14. The SMILES string of the molecule is O=C(Nc1cc2c(c(C(=O)O)c1)OC(F)(F)O2)OCc1ccccc1. The van der Waals surface area contributed by atoms with E-state index in [9.17, 15) is 18.4 Å². The van der Waals surface area contributed by atoms with E-state index < -0.39 is 35.4 Å². The van der Waals surface area contributed by atoms with Crippen LogP contribution < -0.4 is 14.8 Å². The first kappa shape index (κ1) is 16.5. The zero-order valence-electron chi connectivity index (χ0n) is 12.5. The number of hydrogen-bond donors (Lipinski definition) is 2. The van der Waals surface area contributed by atoms with E-state index in [1.54, 1.807) is 30.3 Å². The van der Waals surface area contributed by atoms with Gasteiger partial charge in [0.05, 0.1) is 0 Å². The number of rotatable bonds is 4. The number of aromatic carboxylic acids is 1. The van der Waals surface area contributed by atoms with E-state index in [0.29, 0.717) is 0 Å². The Balaban J connectivity index is 1.74. The minimum Gasteiger partial charge on any atom is -0.478 e. The summed E-state index contributed by atoms with van der Waals surface area (Å²) in [6.07, 6.45) is -4.86. The average molecular weight is 351 g/mol. The molecule has 0 atom stereocenters. The second kappa shape index (κ2) is 6.27. The third kappa shape index (κ3) is 3.77. The van der Waals surface area contributed by atoms with Crippen molar-refractivity contribution in [3.63, 3.8) is 0 Å². The standard InChI is InChI=1S/C16H11F2NO6/c17-16(18)24-12-7-10(6-11(14(20)21)13(12)25-16)19-15(22)23-8-9-4-2-1-3-5-9/h1-7H,8H2,(H,19,22)(H,20,21). The van der Waals surface area contributed by atoms with Crippen molar-refractivity contribution in [1.82, 2.24) is 0 Å². The lowest BCUT2D eigenvalue weighted by atomic mass is 10.1. The van der Waals surface area contributed by atoms with Gasteiger partial charge in [-0.25, -0.2) is 9.59 Å². The van der Waals surface area contributed by atoms with Gasteiger partial charge >= 0.3 is 18.4 Å². The molecule has 0 aliphatic carbocycles. The lowest BCUT2D eigenvalue weighted by Crippen LogP contribution is -2.26. The highest BCUT2D eigenvalue weighted by molar-refractivity contribution is 5.95. The van der Waals surface area contributed by atoms with Crippen molar-refractivity contribution in [3.8, 4) is 11.5 Å². The van der Waals surface area contributed by atoms with Crippen molar-refractivity contribution in [2.75, 3.05) is 5.32 Å². The number of halogens is 2. The van der Waals surface area contributed by atoms with Crippen LogP contribution in [0.2, 0.25) is 0 Å². The van der Waals surface area contributed by atoms with Gasteiger partial charge in [-0.2, -0.15) is 0 Å². The van der Waals surface area contributed by atoms with Crippen molar-refractivity contribution in [2.45, 2.75) is 12.9 Å². The predicted molar refractivity (Wildman–Crippen MR) is 79.9 cm³/mol. The van der Waals surface area contributed by atoms with Crippen molar-refractivity contribution in [3.05, 3.63) is 53.6 Å². The van der Waals surface area contributed by atoms with Gasteiger partial charge in [-0.3, -0.25) is 5.32 Å². The maximum absolute atomic E-state index is 13.1. The van der Waals surface area contributed by atoms with E-state index >= 15 is 0 Å². The molecule has 25 heavy (non-hydrogen) atoms. The van der Waals surface area contributed by atoms with Gasteiger partial charge in [0.25, 0.3) is 0 Å². The number of alkyl halides is 2. The van der Waals surface area contributed by atoms with E-state index in [-0.39, 0.29) is 12.3 Å². The monoisotopic (exact) mass is 351 g/mol. The first-order chi connectivity index (χ1) is 11.8. The summed E-state index contributed by atoms with van der Waals surface area (Å²) in [7, 11) is 0. The number of carboxylic acids is 1. The Morgan fingerprint density at radius 3 is 2.56 bits per heavy atom. The summed E-state index contributed by atoms with van der Waals surface area (Å²) in [4.78, 5) is 23.0. The van der Waals surface area contributed by atoms with Gasteiger partial charge in [0.15, 0.2) is 11.5 Å². The molecule has 2 N–H and O–H groups in total.